The van der Waals surface area contributed by atoms with Crippen LogP contribution in [0.2, 0.25) is 0 Å². The van der Waals surface area contributed by atoms with Crippen LogP contribution in [0.5, 0.6) is 5.75 Å². The van der Waals surface area contributed by atoms with Crippen molar-refractivity contribution in [2.45, 2.75) is 0 Å². The molecule has 0 spiro atoms. The SMILES string of the molecule is CN(C)C.Oc1cccc2ccccc12.[H-].[Na+]. The summed E-state index contributed by atoms with van der Waals surface area (Å²) in [6, 6.07) is 13.3. The third kappa shape index (κ3) is 4.99. The molecule has 3 heteroatoms. The summed E-state index contributed by atoms with van der Waals surface area (Å²) in [6.07, 6.45) is 0. The van der Waals surface area contributed by atoms with Gasteiger partial charge in [-0.3, -0.25) is 0 Å². The van der Waals surface area contributed by atoms with E-state index in [2.05, 4.69) is 0 Å². The van der Waals surface area contributed by atoms with Gasteiger partial charge in [0.2, 0.25) is 0 Å². The molecule has 0 unspecified atom stereocenters. The van der Waals surface area contributed by atoms with Crippen LogP contribution >= 0.6 is 0 Å². The van der Waals surface area contributed by atoms with Gasteiger partial charge in [0.05, 0.1) is 0 Å². The fourth-order valence-corrected chi connectivity index (χ4v) is 1.21. The Hall–Kier alpha value is -0.540. The number of hydrogen-bond donors (Lipinski definition) is 1. The van der Waals surface area contributed by atoms with E-state index < -0.39 is 0 Å². The molecule has 2 aromatic rings. The first kappa shape index (κ1) is 15.5. The molecular weight excluding hydrogens is 209 g/mol. The number of fused-ring (bicyclic) bond motifs is 1. The number of aromatic hydroxyl groups is 1. The number of nitrogens with zero attached hydrogens (tertiary/aromatic N) is 1. The van der Waals surface area contributed by atoms with Gasteiger partial charge in [0.25, 0.3) is 0 Å². The zero-order valence-corrected chi connectivity index (χ0v) is 12.4. The predicted molar refractivity (Wildman–Crippen MR) is 66.3 cm³/mol. The standard InChI is InChI=1S/C10H8O.C3H9N.Na.H/c11-10-7-3-5-8-4-1-2-6-9(8)10;1-4(2)3;;/h1-7,11H;1-3H3;;/q;;+1;-1. The van der Waals surface area contributed by atoms with Gasteiger partial charge in [-0.05, 0) is 32.6 Å². The van der Waals surface area contributed by atoms with Gasteiger partial charge < -0.3 is 11.4 Å². The number of hydrogen-bond acceptors (Lipinski definition) is 2. The van der Waals surface area contributed by atoms with Crippen molar-refractivity contribution < 1.29 is 36.1 Å². The smallest absolute Gasteiger partial charge is 1.00 e. The van der Waals surface area contributed by atoms with Crippen LogP contribution in [0.4, 0.5) is 0 Å². The average Bonchev–Trinajstić information content (AvgIpc) is 2.18. The first-order valence-corrected chi connectivity index (χ1v) is 4.89. The van der Waals surface area contributed by atoms with Crippen molar-refractivity contribution in [2.24, 2.45) is 0 Å². The summed E-state index contributed by atoms with van der Waals surface area (Å²) in [4.78, 5) is 2.00. The Kier molecular flexibility index (Phi) is 7.43. The van der Waals surface area contributed by atoms with Crippen LogP contribution in [-0.4, -0.2) is 31.1 Å². The molecule has 0 aliphatic heterocycles. The number of phenols is 1. The van der Waals surface area contributed by atoms with Crippen molar-refractivity contribution >= 4 is 10.8 Å². The van der Waals surface area contributed by atoms with Crippen molar-refractivity contribution in [3.63, 3.8) is 0 Å². The molecule has 2 aromatic carbocycles. The van der Waals surface area contributed by atoms with E-state index in [9.17, 15) is 5.11 Å². The van der Waals surface area contributed by atoms with Crippen molar-refractivity contribution in [1.29, 1.82) is 0 Å². The van der Waals surface area contributed by atoms with Gasteiger partial charge in [0, 0.05) is 5.39 Å². The predicted octanol–water partition coefficient (Wildman–Crippen LogP) is -0.160. The van der Waals surface area contributed by atoms with E-state index in [4.69, 9.17) is 0 Å². The number of phenolic OH excluding ortho intramolecular Hbond substituents is 1. The minimum atomic E-state index is 0. The molecule has 16 heavy (non-hydrogen) atoms. The Balaban J connectivity index is 0. The number of benzene rings is 2. The van der Waals surface area contributed by atoms with Crippen LogP contribution in [-0.2, 0) is 0 Å². The van der Waals surface area contributed by atoms with Crippen molar-refractivity contribution in [2.75, 3.05) is 21.1 Å². The van der Waals surface area contributed by atoms with E-state index in [0.29, 0.717) is 5.75 Å². The van der Waals surface area contributed by atoms with Crippen LogP contribution in [0.1, 0.15) is 1.43 Å². The Morgan fingerprint density at radius 1 is 0.938 bits per heavy atom. The van der Waals surface area contributed by atoms with Crippen molar-refractivity contribution in [3.05, 3.63) is 42.5 Å². The first-order valence-electron chi connectivity index (χ1n) is 4.89. The maximum atomic E-state index is 9.37. The van der Waals surface area contributed by atoms with E-state index in [1.54, 1.807) is 6.07 Å². The van der Waals surface area contributed by atoms with Gasteiger partial charge in [-0.25, -0.2) is 0 Å². The van der Waals surface area contributed by atoms with Crippen molar-refractivity contribution in [3.8, 4) is 5.75 Å². The third-order valence-electron chi connectivity index (χ3n) is 1.77. The van der Waals surface area contributed by atoms with Crippen LogP contribution in [0, 0.1) is 0 Å². The van der Waals surface area contributed by atoms with E-state index in [1.165, 1.54) is 0 Å². The summed E-state index contributed by atoms with van der Waals surface area (Å²) in [5.74, 6) is 0.350. The molecule has 0 saturated carbocycles. The second-order valence-electron chi connectivity index (χ2n) is 3.84. The maximum absolute atomic E-state index is 9.37. The van der Waals surface area contributed by atoms with E-state index in [1.807, 2.05) is 62.4 Å². The van der Waals surface area contributed by atoms with Crippen LogP contribution in [0.25, 0.3) is 10.8 Å². The minimum absolute atomic E-state index is 0. The first-order chi connectivity index (χ1) is 7.11. The fraction of sp³-hybridized carbons (Fsp3) is 0.231. The molecule has 1 N–H and O–H groups in total. The molecule has 0 saturated heterocycles. The molecule has 0 atom stereocenters. The summed E-state index contributed by atoms with van der Waals surface area (Å²) < 4.78 is 0. The minimum Gasteiger partial charge on any atom is -1.00 e. The van der Waals surface area contributed by atoms with E-state index in [-0.39, 0.29) is 31.0 Å². The Labute approximate surface area is 121 Å². The van der Waals surface area contributed by atoms with E-state index in [0.717, 1.165) is 10.8 Å². The summed E-state index contributed by atoms with van der Waals surface area (Å²) in [7, 11) is 6.00. The van der Waals surface area contributed by atoms with Crippen LogP contribution in [0.3, 0.4) is 0 Å². The molecule has 0 fully saturated rings. The summed E-state index contributed by atoms with van der Waals surface area (Å²) in [5, 5.41) is 11.4. The molecule has 0 aromatic heterocycles. The zero-order chi connectivity index (χ0) is 11.3. The quantitative estimate of drug-likeness (QED) is 0.632. The van der Waals surface area contributed by atoms with Crippen LogP contribution in [0.15, 0.2) is 42.5 Å². The van der Waals surface area contributed by atoms with Gasteiger partial charge in [-0.2, -0.15) is 0 Å². The largest absolute Gasteiger partial charge is 1.00 e. The second kappa shape index (κ2) is 7.69. The van der Waals surface area contributed by atoms with Gasteiger partial charge in [-0.1, -0.05) is 36.4 Å². The Bertz CT molecular complexity index is 426. The average molecular weight is 227 g/mol. The topological polar surface area (TPSA) is 23.5 Å². The molecule has 2 nitrogen and oxygen atoms in total. The second-order valence-corrected chi connectivity index (χ2v) is 3.84. The molecule has 2 rings (SSSR count). The van der Waals surface area contributed by atoms with Gasteiger partial charge in [0.1, 0.15) is 5.75 Å². The molecule has 0 aliphatic rings. The molecule has 82 valence electrons. The fourth-order valence-electron chi connectivity index (χ4n) is 1.21. The Morgan fingerprint density at radius 2 is 1.44 bits per heavy atom. The van der Waals surface area contributed by atoms with Gasteiger partial charge >= 0.3 is 29.6 Å². The molecular formula is C13H18NNaO. The molecule has 0 radical (unpaired) electrons. The molecule has 0 bridgehead atoms. The van der Waals surface area contributed by atoms with Gasteiger partial charge in [0.15, 0.2) is 0 Å². The van der Waals surface area contributed by atoms with Crippen molar-refractivity contribution in [1.82, 2.24) is 4.90 Å². The zero-order valence-electron chi connectivity index (χ0n) is 11.4. The molecule has 0 aliphatic carbocycles. The summed E-state index contributed by atoms with van der Waals surface area (Å²) in [5.41, 5.74) is 0. The van der Waals surface area contributed by atoms with E-state index >= 15 is 0 Å². The third-order valence-corrected chi connectivity index (χ3v) is 1.77. The molecule has 0 heterocycles. The number of rotatable bonds is 0. The summed E-state index contributed by atoms with van der Waals surface area (Å²) in [6.45, 7) is 0. The normalized spacial score (nSPS) is 9.25. The molecule has 0 amide bonds. The maximum Gasteiger partial charge on any atom is 1.00 e. The Morgan fingerprint density at radius 3 is 2.00 bits per heavy atom. The monoisotopic (exact) mass is 227 g/mol. The van der Waals surface area contributed by atoms with Gasteiger partial charge in [-0.15, -0.1) is 0 Å². The van der Waals surface area contributed by atoms with Crippen LogP contribution < -0.4 is 29.6 Å². The summed E-state index contributed by atoms with van der Waals surface area (Å²) >= 11 is 0.